The van der Waals surface area contributed by atoms with Gasteiger partial charge >= 0.3 is 0 Å². The van der Waals surface area contributed by atoms with Crippen molar-refractivity contribution in [1.29, 1.82) is 0 Å². The van der Waals surface area contributed by atoms with Crippen molar-refractivity contribution in [3.8, 4) is 5.75 Å². The summed E-state index contributed by atoms with van der Waals surface area (Å²) in [6.45, 7) is 12.4. The van der Waals surface area contributed by atoms with Crippen molar-refractivity contribution < 1.29 is 4.74 Å². The fraction of sp³-hybridized carbons (Fsp3) is 0.739. The average Bonchev–Trinajstić information content (AvgIpc) is 2.49. The van der Waals surface area contributed by atoms with E-state index in [0.717, 1.165) is 23.5 Å². The van der Waals surface area contributed by atoms with Crippen molar-refractivity contribution >= 4 is 0 Å². The van der Waals surface area contributed by atoms with Gasteiger partial charge in [0.1, 0.15) is 5.75 Å². The Hall–Kier alpha value is -0.980. The molecule has 3 rings (SSSR count). The van der Waals surface area contributed by atoms with Gasteiger partial charge in [-0.15, -0.1) is 0 Å². The minimum absolute atomic E-state index is 0.496. The first kappa shape index (κ1) is 17.8. The fourth-order valence-corrected chi connectivity index (χ4v) is 6.36. The van der Waals surface area contributed by atoms with Crippen molar-refractivity contribution in [3.05, 3.63) is 29.3 Å². The predicted molar refractivity (Wildman–Crippen MR) is 103 cm³/mol. The lowest BCUT2D eigenvalue weighted by Crippen LogP contribution is -2.51. The Morgan fingerprint density at radius 3 is 2.54 bits per heavy atom. The van der Waals surface area contributed by atoms with Gasteiger partial charge in [0, 0.05) is 0 Å². The Bertz CT molecular complexity index is 588. The van der Waals surface area contributed by atoms with Crippen LogP contribution in [-0.4, -0.2) is 7.11 Å². The third-order valence-corrected chi connectivity index (χ3v) is 7.52. The first-order chi connectivity index (χ1) is 11.3. The minimum atomic E-state index is 0.496. The summed E-state index contributed by atoms with van der Waals surface area (Å²) < 4.78 is 5.52. The molecule has 0 radical (unpaired) electrons. The number of fused-ring (bicyclic) bond motifs is 1. The van der Waals surface area contributed by atoms with Gasteiger partial charge in [-0.3, -0.25) is 0 Å². The molecular weight excluding hydrogens is 292 g/mol. The Morgan fingerprint density at radius 1 is 1.08 bits per heavy atom. The van der Waals surface area contributed by atoms with E-state index < -0.39 is 0 Å². The second-order valence-electron chi connectivity index (χ2n) is 9.62. The number of ether oxygens (including phenoxy) is 1. The molecule has 2 aliphatic rings. The summed E-state index contributed by atoms with van der Waals surface area (Å²) in [5, 5.41) is 0. The standard InChI is InChI=1S/C23H36O/c1-16-12-18(14-19(13-16)24-6)15-20-17(2)8-9-21-22(3,4)10-7-11-23(20,21)5/h12-14,17,20-21H,7-11,15H2,1-6H3. The summed E-state index contributed by atoms with van der Waals surface area (Å²) in [7, 11) is 1.78. The normalized spacial score (nSPS) is 35.3. The third-order valence-electron chi connectivity index (χ3n) is 7.52. The molecule has 0 aliphatic heterocycles. The van der Waals surface area contributed by atoms with Gasteiger partial charge in [-0.05, 0) is 84.5 Å². The van der Waals surface area contributed by atoms with Gasteiger partial charge in [-0.2, -0.15) is 0 Å². The van der Waals surface area contributed by atoms with Gasteiger partial charge < -0.3 is 4.74 Å². The highest BCUT2D eigenvalue weighted by Crippen LogP contribution is 2.61. The van der Waals surface area contributed by atoms with Crippen molar-refractivity contribution in [2.75, 3.05) is 7.11 Å². The zero-order chi connectivity index (χ0) is 17.5. The summed E-state index contributed by atoms with van der Waals surface area (Å²) in [5.74, 6) is 3.51. The van der Waals surface area contributed by atoms with E-state index in [1.807, 2.05) is 0 Å². The van der Waals surface area contributed by atoms with Crippen LogP contribution in [0.15, 0.2) is 18.2 Å². The molecule has 1 nitrogen and oxygen atoms in total. The molecule has 134 valence electrons. The molecule has 24 heavy (non-hydrogen) atoms. The van der Waals surface area contributed by atoms with Crippen LogP contribution in [0.1, 0.15) is 70.9 Å². The maximum atomic E-state index is 5.52. The summed E-state index contributed by atoms with van der Waals surface area (Å²) in [6, 6.07) is 6.78. The highest BCUT2D eigenvalue weighted by Gasteiger charge is 2.53. The first-order valence-corrected chi connectivity index (χ1v) is 9.91. The van der Waals surface area contributed by atoms with Crippen molar-refractivity contribution in [2.45, 2.75) is 73.1 Å². The highest BCUT2D eigenvalue weighted by molar-refractivity contribution is 5.34. The van der Waals surface area contributed by atoms with E-state index in [1.54, 1.807) is 7.11 Å². The van der Waals surface area contributed by atoms with Crippen LogP contribution in [0.5, 0.6) is 5.75 Å². The number of hydrogen-bond acceptors (Lipinski definition) is 1. The minimum Gasteiger partial charge on any atom is -0.497 e. The molecule has 1 heteroatoms. The molecule has 0 N–H and O–H groups in total. The maximum absolute atomic E-state index is 5.52. The van der Waals surface area contributed by atoms with Crippen LogP contribution in [0.2, 0.25) is 0 Å². The number of methoxy groups -OCH3 is 1. The fourth-order valence-electron chi connectivity index (χ4n) is 6.36. The van der Waals surface area contributed by atoms with Crippen molar-refractivity contribution in [2.24, 2.45) is 28.6 Å². The molecule has 4 atom stereocenters. The number of rotatable bonds is 3. The quantitative estimate of drug-likeness (QED) is 0.621. The van der Waals surface area contributed by atoms with E-state index in [2.05, 4.69) is 52.8 Å². The van der Waals surface area contributed by atoms with E-state index in [-0.39, 0.29) is 0 Å². The molecule has 0 bridgehead atoms. The predicted octanol–water partition coefficient (Wildman–Crippen LogP) is 6.42. The molecule has 0 saturated heterocycles. The molecule has 0 amide bonds. The van der Waals surface area contributed by atoms with Crippen LogP contribution in [0.3, 0.4) is 0 Å². The van der Waals surface area contributed by atoms with Crippen LogP contribution in [0, 0.1) is 35.5 Å². The monoisotopic (exact) mass is 328 g/mol. The van der Waals surface area contributed by atoms with Gasteiger partial charge in [0.2, 0.25) is 0 Å². The van der Waals surface area contributed by atoms with Gasteiger partial charge in [0.25, 0.3) is 0 Å². The molecule has 2 aliphatic carbocycles. The SMILES string of the molecule is COc1cc(C)cc(CC2C(C)CCC3C(C)(C)CCCC23C)c1. The number of aryl methyl sites for hydroxylation is 1. The van der Waals surface area contributed by atoms with Gasteiger partial charge in [0.15, 0.2) is 0 Å². The lowest BCUT2D eigenvalue weighted by Gasteiger charge is -2.59. The van der Waals surface area contributed by atoms with Crippen LogP contribution in [-0.2, 0) is 6.42 Å². The van der Waals surface area contributed by atoms with E-state index in [4.69, 9.17) is 4.74 Å². The van der Waals surface area contributed by atoms with Crippen molar-refractivity contribution in [1.82, 2.24) is 0 Å². The lowest BCUT2D eigenvalue weighted by molar-refractivity contribution is -0.0930. The Balaban J connectivity index is 1.91. The summed E-state index contributed by atoms with van der Waals surface area (Å²) in [5.41, 5.74) is 3.79. The zero-order valence-electron chi connectivity index (χ0n) is 16.6. The summed E-state index contributed by atoms with van der Waals surface area (Å²) in [4.78, 5) is 0. The Labute approximate surface area is 149 Å². The number of hydrogen-bond donors (Lipinski definition) is 0. The van der Waals surface area contributed by atoms with E-state index >= 15 is 0 Å². The summed E-state index contributed by atoms with van der Waals surface area (Å²) >= 11 is 0. The molecule has 0 heterocycles. The molecule has 2 saturated carbocycles. The van der Waals surface area contributed by atoms with E-state index in [9.17, 15) is 0 Å². The van der Waals surface area contributed by atoms with Crippen LogP contribution >= 0.6 is 0 Å². The largest absolute Gasteiger partial charge is 0.497 e. The van der Waals surface area contributed by atoms with Crippen LogP contribution in [0.4, 0.5) is 0 Å². The molecule has 0 spiro atoms. The average molecular weight is 329 g/mol. The van der Waals surface area contributed by atoms with Gasteiger partial charge in [-0.25, -0.2) is 0 Å². The summed E-state index contributed by atoms with van der Waals surface area (Å²) in [6.07, 6.45) is 8.27. The Morgan fingerprint density at radius 2 is 1.83 bits per heavy atom. The van der Waals surface area contributed by atoms with Crippen LogP contribution < -0.4 is 4.74 Å². The Kier molecular flexibility index (Phi) is 4.75. The third kappa shape index (κ3) is 3.11. The molecule has 4 unspecified atom stereocenters. The van der Waals surface area contributed by atoms with Crippen molar-refractivity contribution in [3.63, 3.8) is 0 Å². The molecular formula is C23H36O. The molecule has 1 aromatic carbocycles. The molecule has 0 aromatic heterocycles. The topological polar surface area (TPSA) is 9.23 Å². The number of benzene rings is 1. The lowest BCUT2D eigenvalue weighted by atomic mass is 9.46. The maximum Gasteiger partial charge on any atom is 0.119 e. The zero-order valence-corrected chi connectivity index (χ0v) is 16.6. The smallest absolute Gasteiger partial charge is 0.119 e. The first-order valence-electron chi connectivity index (χ1n) is 9.91. The molecule has 1 aromatic rings. The second kappa shape index (κ2) is 6.39. The van der Waals surface area contributed by atoms with Gasteiger partial charge in [-0.1, -0.05) is 46.6 Å². The highest BCUT2D eigenvalue weighted by atomic mass is 16.5. The van der Waals surface area contributed by atoms with E-state index in [1.165, 1.54) is 49.7 Å². The van der Waals surface area contributed by atoms with E-state index in [0.29, 0.717) is 10.8 Å². The van der Waals surface area contributed by atoms with Crippen LogP contribution in [0.25, 0.3) is 0 Å². The van der Waals surface area contributed by atoms with Gasteiger partial charge in [0.05, 0.1) is 7.11 Å². The molecule has 2 fully saturated rings. The second-order valence-corrected chi connectivity index (χ2v) is 9.62.